The molecule has 5 heteroatoms. The Bertz CT molecular complexity index is 596. The molecule has 0 aliphatic heterocycles. The lowest BCUT2D eigenvalue weighted by Gasteiger charge is -2.13. The van der Waals surface area contributed by atoms with Gasteiger partial charge in [-0.25, -0.2) is 0 Å². The summed E-state index contributed by atoms with van der Waals surface area (Å²) in [6.07, 6.45) is 4.09. The number of pyridine rings is 1. The summed E-state index contributed by atoms with van der Waals surface area (Å²) >= 11 is 3.49. The van der Waals surface area contributed by atoms with Gasteiger partial charge in [-0.2, -0.15) is 0 Å². The third-order valence-corrected chi connectivity index (χ3v) is 3.68. The zero-order valence-electron chi connectivity index (χ0n) is 12.5. The Morgan fingerprint density at radius 1 is 1.33 bits per heavy atom. The van der Waals surface area contributed by atoms with E-state index in [9.17, 15) is 0 Å². The number of nitrogens with one attached hydrogen (secondary N) is 1. The van der Waals surface area contributed by atoms with Gasteiger partial charge in [0.15, 0.2) is 0 Å². The quantitative estimate of drug-likeness (QED) is 0.734. The monoisotopic (exact) mass is 351 g/mol. The second kappa shape index (κ2) is 7.61. The van der Waals surface area contributed by atoms with E-state index in [0.717, 1.165) is 47.1 Å². The molecule has 0 saturated heterocycles. The van der Waals surface area contributed by atoms with Gasteiger partial charge in [-0.1, -0.05) is 15.9 Å². The number of hydrogen-bond donors (Lipinski definition) is 2. The smallest absolute Gasteiger partial charge is 0.0743 e. The summed E-state index contributed by atoms with van der Waals surface area (Å²) in [6, 6.07) is 6.02. The van der Waals surface area contributed by atoms with Crippen LogP contribution in [0.15, 0.2) is 28.9 Å². The second-order valence-electron chi connectivity index (χ2n) is 5.30. The van der Waals surface area contributed by atoms with Gasteiger partial charge in [-0.05, 0) is 44.9 Å². The van der Waals surface area contributed by atoms with E-state index in [-0.39, 0.29) is 0 Å². The molecular formula is C16H22BrN3O. The van der Waals surface area contributed by atoms with Crippen LogP contribution < -0.4 is 11.1 Å². The van der Waals surface area contributed by atoms with Crippen LogP contribution in [0.2, 0.25) is 0 Å². The molecule has 0 aliphatic rings. The lowest BCUT2D eigenvalue weighted by atomic mass is 10.1. The van der Waals surface area contributed by atoms with Crippen LogP contribution in [-0.2, 0) is 4.74 Å². The first-order valence-electron chi connectivity index (χ1n) is 7.27. The summed E-state index contributed by atoms with van der Waals surface area (Å²) in [7, 11) is 0. The molecule has 3 N–H and O–H groups in total. The molecule has 0 spiro atoms. The first-order valence-corrected chi connectivity index (χ1v) is 8.06. The third kappa shape index (κ3) is 4.58. The summed E-state index contributed by atoms with van der Waals surface area (Å²) in [5.41, 5.74) is 8.64. The average Bonchev–Trinajstić information content (AvgIpc) is 2.44. The van der Waals surface area contributed by atoms with Crippen molar-refractivity contribution in [1.82, 2.24) is 4.98 Å². The summed E-state index contributed by atoms with van der Waals surface area (Å²) in [5.74, 6) is 0. The summed E-state index contributed by atoms with van der Waals surface area (Å²) in [4.78, 5) is 4.35. The van der Waals surface area contributed by atoms with Crippen molar-refractivity contribution in [3.63, 3.8) is 0 Å². The highest BCUT2D eigenvalue weighted by atomic mass is 79.9. The molecule has 0 atom stereocenters. The van der Waals surface area contributed by atoms with E-state index in [4.69, 9.17) is 10.5 Å². The normalized spacial score (nSPS) is 11.2. The molecule has 0 saturated carbocycles. The number of aromatic nitrogens is 1. The first kappa shape index (κ1) is 16.0. The number of rotatable bonds is 7. The molecule has 0 unspecified atom stereocenters. The molecule has 114 valence electrons. The zero-order valence-corrected chi connectivity index (χ0v) is 14.1. The minimum Gasteiger partial charge on any atom is -0.396 e. The van der Waals surface area contributed by atoms with Crippen molar-refractivity contribution in [3.8, 4) is 0 Å². The van der Waals surface area contributed by atoms with Crippen molar-refractivity contribution >= 4 is 38.2 Å². The van der Waals surface area contributed by atoms with Crippen molar-refractivity contribution in [2.24, 2.45) is 0 Å². The Labute approximate surface area is 134 Å². The fourth-order valence-electron chi connectivity index (χ4n) is 2.14. The highest BCUT2D eigenvalue weighted by molar-refractivity contribution is 9.10. The number of nitrogen functional groups attached to an aromatic ring is 1. The van der Waals surface area contributed by atoms with Gasteiger partial charge in [0.2, 0.25) is 0 Å². The number of hydrogen-bond acceptors (Lipinski definition) is 4. The molecule has 4 nitrogen and oxygen atoms in total. The van der Waals surface area contributed by atoms with Crippen LogP contribution >= 0.6 is 15.9 Å². The van der Waals surface area contributed by atoms with E-state index in [1.54, 1.807) is 6.20 Å². The maximum absolute atomic E-state index is 6.05. The Kier molecular flexibility index (Phi) is 5.82. The van der Waals surface area contributed by atoms with Gasteiger partial charge in [0.05, 0.1) is 29.2 Å². The molecule has 21 heavy (non-hydrogen) atoms. The number of unbranched alkanes of at least 4 members (excludes halogenated alkanes) is 1. The fraction of sp³-hybridized carbons (Fsp3) is 0.438. The molecule has 1 heterocycles. The molecule has 2 aromatic rings. The number of ether oxygens (including phenoxy) is 1. The SMILES string of the molecule is CC(C)OCCCCNc1c(N)cnc2ccc(Br)cc12. The molecule has 0 radical (unpaired) electrons. The molecule has 1 aromatic heterocycles. The maximum atomic E-state index is 6.05. The van der Waals surface area contributed by atoms with E-state index in [0.29, 0.717) is 11.8 Å². The van der Waals surface area contributed by atoms with Crippen LogP contribution in [0.4, 0.5) is 11.4 Å². The highest BCUT2D eigenvalue weighted by Gasteiger charge is 2.06. The van der Waals surface area contributed by atoms with Crippen LogP contribution in [-0.4, -0.2) is 24.2 Å². The van der Waals surface area contributed by atoms with Crippen LogP contribution in [0.25, 0.3) is 10.9 Å². The van der Waals surface area contributed by atoms with Gasteiger partial charge in [0, 0.05) is 23.0 Å². The molecule has 2 rings (SSSR count). The number of fused-ring (bicyclic) bond motifs is 1. The van der Waals surface area contributed by atoms with Crippen LogP contribution in [0.3, 0.4) is 0 Å². The lowest BCUT2D eigenvalue weighted by molar-refractivity contribution is 0.0765. The van der Waals surface area contributed by atoms with Crippen LogP contribution in [0, 0.1) is 0 Å². The van der Waals surface area contributed by atoms with Gasteiger partial charge in [-0.15, -0.1) is 0 Å². The molecule has 0 amide bonds. The van der Waals surface area contributed by atoms with Gasteiger partial charge in [0.1, 0.15) is 0 Å². The average molecular weight is 352 g/mol. The van der Waals surface area contributed by atoms with Crippen molar-refractivity contribution in [2.75, 3.05) is 24.2 Å². The molecule has 0 fully saturated rings. The largest absolute Gasteiger partial charge is 0.396 e. The highest BCUT2D eigenvalue weighted by Crippen LogP contribution is 2.29. The second-order valence-corrected chi connectivity index (χ2v) is 6.22. The number of nitrogens with two attached hydrogens (primary N) is 1. The molecular weight excluding hydrogens is 330 g/mol. The topological polar surface area (TPSA) is 60.2 Å². The van der Waals surface area contributed by atoms with E-state index < -0.39 is 0 Å². The fourth-order valence-corrected chi connectivity index (χ4v) is 2.50. The Balaban J connectivity index is 1.98. The third-order valence-electron chi connectivity index (χ3n) is 3.18. The van der Waals surface area contributed by atoms with Crippen molar-refractivity contribution < 1.29 is 4.74 Å². The minimum absolute atomic E-state index is 0.301. The number of nitrogens with zero attached hydrogens (tertiary/aromatic N) is 1. The predicted molar refractivity (Wildman–Crippen MR) is 92.7 cm³/mol. The van der Waals surface area contributed by atoms with Gasteiger partial charge >= 0.3 is 0 Å². The number of anilines is 2. The van der Waals surface area contributed by atoms with Crippen LogP contribution in [0.1, 0.15) is 26.7 Å². The minimum atomic E-state index is 0.301. The lowest BCUT2D eigenvalue weighted by Crippen LogP contribution is -2.08. The maximum Gasteiger partial charge on any atom is 0.0743 e. The van der Waals surface area contributed by atoms with E-state index in [1.807, 2.05) is 18.2 Å². The van der Waals surface area contributed by atoms with E-state index >= 15 is 0 Å². The standard InChI is InChI=1S/C16H22BrN3O/c1-11(2)21-8-4-3-7-19-16-13-9-12(17)5-6-15(13)20-10-14(16)18/h5-6,9-11H,3-4,7-8,18H2,1-2H3,(H,19,20). The Hall–Kier alpha value is -1.33. The Morgan fingerprint density at radius 3 is 2.90 bits per heavy atom. The van der Waals surface area contributed by atoms with Gasteiger partial charge < -0.3 is 15.8 Å². The summed E-state index contributed by atoms with van der Waals surface area (Å²) < 4.78 is 6.56. The van der Waals surface area contributed by atoms with E-state index in [1.165, 1.54) is 0 Å². The summed E-state index contributed by atoms with van der Waals surface area (Å²) in [6.45, 7) is 5.79. The predicted octanol–water partition coefficient (Wildman–Crippen LogP) is 4.20. The van der Waals surface area contributed by atoms with E-state index in [2.05, 4.69) is 40.1 Å². The summed E-state index contributed by atoms with van der Waals surface area (Å²) in [5, 5.41) is 4.47. The van der Waals surface area contributed by atoms with Crippen molar-refractivity contribution in [2.45, 2.75) is 32.8 Å². The van der Waals surface area contributed by atoms with Gasteiger partial charge in [0.25, 0.3) is 0 Å². The molecule has 1 aromatic carbocycles. The number of halogens is 1. The molecule has 0 bridgehead atoms. The van der Waals surface area contributed by atoms with Gasteiger partial charge in [-0.3, -0.25) is 4.98 Å². The Morgan fingerprint density at radius 2 is 2.14 bits per heavy atom. The number of benzene rings is 1. The van der Waals surface area contributed by atoms with Crippen LogP contribution in [0.5, 0.6) is 0 Å². The zero-order chi connectivity index (χ0) is 15.2. The van der Waals surface area contributed by atoms with Crippen molar-refractivity contribution in [3.05, 3.63) is 28.9 Å². The molecule has 0 aliphatic carbocycles. The first-order chi connectivity index (χ1) is 10.1. The van der Waals surface area contributed by atoms with Crippen molar-refractivity contribution in [1.29, 1.82) is 0 Å².